The number of H-pyrrole nitrogens is 1. The number of benzene rings is 3. The number of phenolic OH excluding ortho intramolecular Hbond substituents is 3. The third-order valence-electron chi connectivity index (χ3n) is 10.3. The number of carbonyl (C=O) groups excluding carboxylic acids is 6. The molecule has 0 saturated heterocycles. The van der Waals surface area contributed by atoms with Crippen LogP contribution in [0.5, 0.6) is 17.2 Å². The Labute approximate surface area is 397 Å². The summed E-state index contributed by atoms with van der Waals surface area (Å²) >= 11 is 8.10. The second-order valence-corrected chi connectivity index (χ2v) is 16.9. The number of carboxylic acid groups (broad SMARTS) is 1. The number of aliphatic carboxylic acids is 1. The average molecular weight is 964 g/mol. The van der Waals surface area contributed by atoms with E-state index in [1.165, 1.54) is 73.2 Å². The van der Waals surface area contributed by atoms with Crippen molar-refractivity contribution >= 4 is 66.7 Å². The monoisotopic (exact) mass is 963 g/mol. The van der Waals surface area contributed by atoms with Gasteiger partial charge in [-0.05, 0) is 65.4 Å². The molecule has 4 rings (SSSR count). The van der Waals surface area contributed by atoms with E-state index < -0.39 is 83.7 Å². The molecular weight excluding hydrogens is 907 g/mol. The van der Waals surface area contributed by atoms with Crippen LogP contribution in [-0.2, 0) is 59.2 Å². The van der Waals surface area contributed by atoms with E-state index in [4.69, 9.17) is 5.73 Å². The fourth-order valence-electron chi connectivity index (χ4n) is 6.67. The number of aromatic amines is 1. The number of thiol groups is 2. The number of hydrogen-bond acceptors (Lipinski definition) is 14. The minimum absolute atomic E-state index is 0.0171. The Kier molecular flexibility index (Phi) is 20.3. The van der Waals surface area contributed by atoms with Crippen LogP contribution in [0.3, 0.4) is 0 Å². The van der Waals surface area contributed by atoms with E-state index in [0.717, 1.165) is 0 Å². The molecule has 7 unspecified atom stereocenters. The average Bonchev–Trinajstić information content (AvgIpc) is 3.81. The van der Waals surface area contributed by atoms with Crippen LogP contribution in [0, 0.1) is 5.92 Å². The Morgan fingerprint density at radius 3 is 1.21 bits per heavy atom. The predicted octanol–water partition coefficient (Wildman–Crippen LogP) is 0.0235. The molecule has 4 aromatic rings. The second kappa shape index (κ2) is 25.8. The van der Waals surface area contributed by atoms with E-state index in [-0.39, 0.29) is 66.8 Å². The zero-order valence-electron chi connectivity index (χ0n) is 36.7. The summed E-state index contributed by atoms with van der Waals surface area (Å²) in [6, 6.07) is 8.28. The number of aromatic hydroxyl groups is 3. The van der Waals surface area contributed by atoms with Crippen LogP contribution in [0.2, 0.25) is 0 Å². The summed E-state index contributed by atoms with van der Waals surface area (Å²) in [5.41, 5.74) is 7.83. The van der Waals surface area contributed by atoms with Gasteiger partial charge in [-0.1, -0.05) is 50.2 Å². The molecule has 1 aromatic heterocycles. The van der Waals surface area contributed by atoms with Gasteiger partial charge in [0.15, 0.2) is 0 Å². The lowest BCUT2D eigenvalue weighted by Gasteiger charge is -2.28. The lowest BCUT2D eigenvalue weighted by Crippen LogP contribution is -2.61. The van der Waals surface area contributed by atoms with Gasteiger partial charge in [0.05, 0.1) is 12.4 Å². The highest BCUT2D eigenvalue weighted by Crippen LogP contribution is 2.16. The summed E-state index contributed by atoms with van der Waals surface area (Å²) in [6.45, 7) is 3.62. The molecule has 20 nitrogen and oxygen atoms in total. The molecule has 6 amide bonds. The van der Waals surface area contributed by atoms with Gasteiger partial charge in [0, 0.05) is 49.1 Å². The summed E-state index contributed by atoms with van der Waals surface area (Å²) < 4.78 is 0. The number of imidazole rings is 1. The number of carbonyl (C=O) groups is 7. The summed E-state index contributed by atoms with van der Waals surface area (Å²) in [4.78, 5) is 102. The first-order valence-corrected chi connectivity index (χ1v) is 22.4. The molecular formula is C45H57N9O11S2. The van der Waals surface area contributed by atoms with Crippen molar-refractivity contribution in [2.45, 2.75) is 88.2 Å². The zero-order chi connectivity index (χ0) is 49.2. The molecule has 0 bridgehead atoms. The minimum Gasteiger partial charge on any atom is -0.508 e. The third-order valence-corrected chi connectivity index (χ3v) is 11.1. The number of amides is 6. The third kappa shape index (κ3) is 17.2. The first-order valence-electron chi connectivity index (χ1n) is 21.2. The highest BCUT2D eigenvalue weighted by atomic mass is 32.1. The highest BCUT2D eigenvalue weighted by molar-refractivity contribution is 7.80. The van der Waals surface area contributed by atoms with Gasteiger partial charge < -0.3 is 63.0 Å². The van der Waals surface area contributed by atoms with Crippen LogP contribution in [0.25, 0.3) is 0 Å². The number of nitrogens with two attached hydrogens (primary N) is 1. The maximum atomic E-state index is 14.5. The van der Waals surface area contributed by atoms with Crippen molar-refractivity contribution < 1.29 is 54.0 Å². The lowest BCUT2D eigenvalue weighted by atomic mass is 9.99. The van der Waals surface area contributed by atoms with Crippen LogP contribution in [0.15, 0.2) is 85.3 Å². The van der Waals surface area contributed by atoms with Crippen LogP contribution in [0.4, 0.5) is 0 Å². The molecule has 360 valence electrons. The van der Waals surface area contributed by atoms with Crippen molar-refractivity contribution in [3.8, 4) is 17.2 Å². The van der Waals surface area contributed by atoms with Crippen LogP contribution in [0.1, 0.15) is 42.7 Å². The van der Waals surface area contributed by atoms with Crippen molar-refractivity contribution in [1.82, 2.24) is 41.9 Å². The molecule has 0 aliphatic carbocycles. The predicted molar refractivity (Wildman–Crippen MR) is 252 cm³/mol. The van der Waals surface area contributed by atoms with Gasteiger partial charge in [-0.25, -0.2) is 9.78 Å². The van der Waals surface area contributed by atoms with Gasteiger partial charge in [-0.3, -0.25) is 28.8 Å². The van der Waals surface area contributed by atoms with Crippen molar-refractivity contribution in [3.63, 3.8) is 0 Å². The Balaban J connectivity index is 1.65. The molecule has 0 radical (unpaired) electrons. The standard InChI is InChI=1S/C45H57N9O11S2/c1-24(2)15-33(50-41(60)34(49-39(58)32(46)21-66)16-25-3-9-29(55)10-4-25)40(59)51-35(17-26-5-11-30(56)12-6-26)42(61)53-37(19-28-20-47-23-48-28)44(63)52-36(18-27-7-13-31(57)14-8-27)43(62)54-38(22-67)45(64)65/h3-14,20,23-24,32-38,55-57,66-67H,15-19,21-22,46H2,1-2H3,(H,47,48)(H,49,58)(H,50,60)(H,51,59)(H,52,63)(H,53,61)(H,54,62)(H,64,65). The number of carboxylic acids is 1. The van der Waals surface area contributed by atoms with Crippen molar-refractivity contribution in [3.05, 3.63) is 108 Å². The number of rotatable bonds is 25. The SMILES string of the molecule is CC(C)CC(NC(=O)C(Cc1ccc(O)cc1)NC(=O)C(N)CS)C(=O)NC(Cc1ccc(O)cc1)C(=O)NC(Cc1cnc[nH]1)C(=O)NC(Cc1ccc(O)cc1)C(=O)NC(CS)C(=O)O. The second-order valence-electron chi connectivity index (χ2n) is 16.2. The molecule has 7 atom stereocenters. The molecule has 13 N–H and O–H groups in total. The maximum Gasteiger partial charge on any atom is 0.327 e. The Bertz CT molecular complexity index is 2280. The lowest BCUT2D eigenvalue weighted by molar-refractivity contribution is -0.141. The summed E-state index contributed by atoms with van der Waals surface area (Å²) in [7, 11) is 0. The first kappa shape index (κ1) is 52.8. The highest BCUT2D eigenvalue weighted by Gasteiger charge is 2.34. The van der Waals surface area contributed by atoms with Crippen molar-refractivity contribution in [1.29, 1.82) is 0 Å². The smallest absolute Gasteiger partial charge is 0.327 e. The normalized spacial score (nSPS) is 14.2. The fourth-order valence-corrected chi connectivity index (χ4v) is 7.08. The van der Waals surface area contributed by atoms with E-state index in [1.54, 1.807) is 12.1 Å². The summed E-state index contributed by atoms with van der Waals surface area (Å²) in [5, 5.41) is 54.9. The van der Waals surface area contributed by atoms with E-state index in [1.807, 2.05) is 13.8 Å². The molecule has 0 aliphatic heterocycles. The van der Waals surface area contributed by atoms with Gasteiger partial charge in [-0.15, -0.1) is 0 Å². The number of nitrogens with one attached hydrogen (secondary N) is 7. The molecule has 1 heterocycles. The number of nitrogens with zero attached hydrogens (tertiary/aromatic N) is 1. The molecule has 67 heavy (non-hydrogen) atoms. The largest absolute Gasteiger partial charge is 0.508 e. The molecule has 0 aliphatic rings. The molecule has 0 spiro atoms. The molecule has 0 saturated carbocycles. The quantitative estimate of drug-likeness (QED) is 0.0391. The molecule has 22 heteroatoms. The van der Waals surface area contributed by atoms with Crippen molar-refractivity contribution in [2.75, 3.05) is 11.5 Å². The molecule has 3 aromatic carbocycles. The van der Waals surface area contributed by atoms with E-state index >= 15 is 0 Å². The number of phenols is 3. The van der Waals surface area contributed by atoms with E-state index in [9.17, 15) is 54.0 Å². The Morgan fingerprint density at radius 2 is 0.881 bits per heavy atom. The minimum atomic E-state index is -1.44. The number of aromatic nitrogens is 2. The summed E-state index contributed by atoms with van der Waals surface area (Å²) in [6.07, 6.45) is 2.25. The van der Waals surface area contributed by atoms with E-state index in [0.29, 0.717) is 22.4 Å². The van der Waals surface area contributed by atoms with E-state index in [2.05, 4.69) is 67.1 Å². The van der Waals surface area contributed by atoms with Gasteiger partial charge >= 0.3 is 5.97 Å². The van der Waals surface area contributed by atoms with Gasteiger partial charge in [0.2, 0.25) is 35.4 Å². The van der Waals surface area contributed by atoms with Gasteiger partial charge in [0.25, 0.3) is 0 Å². The van der Waals surface area contributed by atoms with Gasteiger partial charge in [-0.2, -0.15) is 25.3 Å². The molecule has 0 fully saturated rings. The Hall–Kier alpha value is -6.78. The topological polar surface area (TPSA) is 327 Å². The van der Waals surface area contributed by atoms with Gasteiger partial charge in [0.1, 0.15) is 53.5 Å². The zero-order valence-corrected chi connectivity index (χ0v) is 38.5. The summed E-state index contributed by atoms with van der Waals surface area (Å²) in [5.74, 6) is -6.81. The van der Waals surface area contributed by atoms with Crippen LogP contribution in [-0.4, -0.2) is 126 Å². The maximum absolute atomic E-state index is 14.5. The number of hydrogen-bond donors (Lipinski definition) is 14. The Morgan fingerprint density at radius 1 is 0.537 bits per heavy atom. The fraction of sp³-hybridized carbons (Fsp3) is 0.378. The van der Waals surface area contributed by atoms with Crippen LogP contribution >= 0.6 is 25.3 Å². The van der Waals surface area contributed by atoms with Crippen LogP contribution < -0.4 is 37.6 Å². The first-order chi connectivity index (χ1) is 31.8. The van der Waals surface area contributed by atoms with Crippen molar-refractivity contribution in [2.24, 2.45) is 11.7 Å².